The summed E-state index contributed by atoms with van der Waals surface area (Å²) in [5.41, 5.74) is 3.84. The van der Waals surface area contributed by atoms with Crippen LogP contribution in [-0.2, 0) is 5.60 Å². The molecule has 0 saturated heterocycles. The SMILES string of the molecule is CC(=O)c1ccc2c(c1)C(c1ccccn1)=CC(C)(c1ccccc1)O2. The van der Waals surface area contributed by atoms with E-state index in [9.17, 15) is 4.79 Å². The largest absolute Gasteiger partial charge is 0.478 e. The summed E-state index contributed by atoms with van der Waals surface area (Å²) < 4.78 is 6.38. The second-order valence-electron chi connectivity index (χ2n) is 6.62. The Morgan fingerprint density at radius 3 is 2.46 bits per heavy atom. The van der Waals surface area contributed by atoms with E-state index in [1.54, 1.807) is 13.1 Å². The monoisotopic (exact) mass is 341 g/mol. The van der Waals surface area contributed by atoms with Crippen molar-refractivity contribution in [1.82, 2.24) is 4.98 Å². The molecule has 0 spiro atoms. The van der Waals surface area contributed by atoms with Crippen LogP contribution in [-0.4, -0.2) is 10.8 Å². The zero-order chi connectivity index (χ0) is 18.1. The predicted molar refractivity (Wildman–Crippen MR) is 102 cm³/mol. The van der Waals surface area contributed by atoms with Crippen LogP contribution in [0.5, 0.6) is 5.75 Å². The number of ketones is 1. The maximum absolute atomic E-state index is 11.8. The Morgan fingerprint density at radius 1 is 1.00 bits per heavy atom. The molecular formula is C23H19NO2. The molecule has 0 bridgehead atoms. The summed E-state index contributed by atoms with van der Waals surface area (Å²) >= 11 is 0. The van der Waals surface area contributed by atoms with Gasteiger partial charge in [0.2, 0.25) is 0 Å². The van der Waals surface area contributed by atoms with Crippen LogP contribution in [0.3, 0.4) is 0 Å². The van der Waals surface area contributed by atoms with Crippen LogP contribution in [0.2, 0.25) is 0 Å². The van der Waals surface area contributed by atoms with Crippen molar-refractivity contribution >= 4 is 11.4 Å². The third-order valence-electron chi connectivity index (χ3n) is 4.71. The summed E-state index contributed by atoms with van der Waals surface area (Å²) in [7, 11) is 0. The molecule has 1 atom stereocenters. The molecule has 0 radical (unpaired) electrons. The third-order valence-corrected chi connectivity index (χ3v) is 4.71. The van der Waals surface area contributed by atoms with Gasteiger partial charge < -0.3 is 4.74 Å². The van der Waals surface area contributed by atoms with Gasteiger partial charge in [-0.25, -0.2) is 0 Å². The Bertz CT molecular complexity index is 993. The standard InChI is InChI=1S/C23H19NO2/c1-16(25)17-11-12-22-19(14-17)20(21-10-6-7-13-24-21)15-23(2,26-22)18-8-4-3-5-9-18/h3-15H,1-2H3. The van der Waals surface area contributed by atoms with Crippen molar-refractivity contribution in [3.8, 4) is 5.75 Å². The number of pyridine rings is 1. The number of Topliss-reactive ketones (excluding diaryl/α,β-unsaturated/α-hetero) is 1. The van der Waals surface area contributed by atoms with Crippen molar-refractivity contribution < 1.29 is 9.53 Å². The third kappa shape index (κ3) is 2.82. The van der Waals surface area contributed by atoms with Crippen LogP contribution in [0.15, 0.2) is 79.0 Å². The fourth-order valence-electron chi connectivity index (χ4n) is 3.30. The number of carbonyl (C=O) groups is 1. The highest BCUT2D eigenvalue weighted by atomic mass is 16.5. The fraction of sp³-hybridized carbons (Fsp3) is 0.130. The van der Waals surface area contributed by atoms with Gasteiger partial charge in [-0.05, 0) is 55.8 Å². The van der Waals surface area contributed by atoms with Gasteiger partial charge in [0.1, 0.15) is 5.75 Å². The summed E-state index contributed by atoms with van der Waals surface area (Å²) in [6.45, 7) is 3.62. The Labute approximate surface area is 153 Å². The van der Waals surface area contributed by atoms with E-state index in [1.807, 2.05) is 61.5 Å². The minimum absolute atomic E-state index is 0.0320. The molecule has 2 heterocycles. The van der Waals surface area contributed by atoms with Crippen molar-refractivity contribution in [1.29, 1.82) is 0 Å². The first kappa shape index (κ1) is 16.3. The predicted octanol–water partition coefficient (Wildman–Crippen LogP) is 5.02. The number of benzene rings is 2. The van der Waals surface area contributed by atoms with E-state index < -0.39 is 5.60 Å². The molecular weight excluding hydrogens is 322 g/mol. The molecule has 1 aromatic heterocycles. The first-order valence-corrected chi connectivity index (χ1v) is 8.61. The van der Waals surface area contributed by atoms with Crippen molar-refractivity contribution in [3.05, 3.63) is 101 Å². The first-order valence-electron chi connectivity index (χ1n) is 8.61. The second-order valence-corrected chi connectivity index (χ2v) is 6.62. The molecule has 3 nitrogen and oxygen atoms in total. The van der Waals surface area contributed by atoms with Gasteiger partial charge in [0.15, 0.2) is 11.4 Å². The van der Waals surface area contributed by atoms with Crippen LogP contribution >= 0.6 is 0 Å². The molecule has 128 valence electrons. The number of aromatic nitrogens is 1. The smallest absolute Gasteiger partial charge is 0.159 e. The number of hydrogen-bond donors (Lipinski definition) is 0. The Morgan fingerprint density at radius 2 is 1.77 bits per heavy atom. The Hall–Kier alpha value is -3.20. The second kappa shape index (κ2) is 6.26. The lowest BCUT2D eigenvalue weighted by molar-refractivity contribution is 0.101. The normalized spacial score (nSPS) is 18.5. The van der Waals surface area contributed by atoms with Gasteiger partial charge in [-0.2, -0.15) is 0 Å². The first-order chi connectivity index (χ1) is 12.6. The van der Waals surface area contributed by atoms with Gasteiger partial charge >= 0.3 is 0 Å². The molecule has 3 aromatic rings. The van der Waals surface area contributed by atoms with Gasteiger partial charge in [-0.3, -0.25) is 9.78 Å². The van der Waals surface area contributed by atoms with Gasteiger partial charge in [0.05, 0.1) is 5.69 Å². The van der Waals surface area contributed by atoms with E-state index in [2.05, 4.69) is 23.2 Å². The van der Waals surface area contributed by atoms with Gasteiger partial charge in [-0.15, -0.1) is 0 Å². The van der Waals surface area contributed by atoms with Crippen molar-refractivity contribution in [3.63, 3.8) is 0 Å². The van der Waals surface area contributed by atoms with Gasteiger partial charge in [0.25, 0.3) is 0 Å². The van der Waals surface area contributed by atoms with Crippen molar-refractivity contribution in [2.45, 2.75) is 19.4 Å². The minimum Gasteiger partial charge on any atom is -0.478 e. The van der Waals surface area contributed by atoms with Gasteiger partial charge in [-0.1, -0.05) is 36.4 Å². The molecule has 0 aliphatic carbocycles. The number of nitrogens with zero attached hydrogens (tertiary/aromatic N) is 1. The molecule has 0 saturated carbocycles. The minimum atomic E-state index is -0.612. The molecule has 0 amide bonds. The quantitative estimate of drug-likeness (QED) is 0.628. The number of hydrogen-bond acceptors (Lipinski definition) is 3. The van der Waals surface area contributed by atoms with Crippen LogP contribution in [0.4, 0.5) is 0 Å². The summed E-state index contributed by atoms with van der Waals surface area (Å²) in [5.74, 6) is 0.786. The highest BCUT2D eigenvalue weighted by molar-refractivity contribution is 5.96. The topological polar surface area (TPSA) is 39.2 Å². The summed E-state index contributed by atoms with van der Waals surface area (Å²) in [4.78, 5) is 16.4. The Kier molecular flexibility index (Phi) is 3.92. The average molecular weight is 341 g/mol. The molecule has 1 unspecified atom stereocenters. The molecule has 3 heteroatoms. The van der Waals surface area contributed by atoms with Crippen LogP contribution in [0, 0.1) is 0 Å². The molecule has 1 aliphatic heterocycles. The highest BCUT2D eigenvalue weighted by Gasteiger charge is 2.33. The average Bonchev–Trinajstić information content (AvgIpc) is 2.68. The zero-order valence-electron chi connectivity index (χ0n) is 14.8. The maximum atomic E-state index is 11.8. The summed E-state index contributed by atoms with van der Waals surface area (Å²) in [6.07, 6.45) is 3.87. The Balaban J connectivity index is 1.94. The molecule has 1 aliphatic rings. The lowest BCUT2D eigenvalue weighted by Crippen LogP contribution is -2.30. The van der Waals surface area contributed by atoms with E-state index >= 15 is 0 Å². The lowest BCUT2D eigenvalue weighted by atomic mass is 9.86. The van der Waals surface area contributed by atoms with Crippen molar-refractivity contribution in [2.75, 3.05) is 0 Å². The zero-order valence-corrected chi connectivity index (χ0v) is 14.8. The van der Waals surface area contributed by atoms with Crippen LogP contribution in [0.25, 0.3) is 5.57 Å². The van der Waals surface area contributed by atoms with Crippen molar-refractivity contribution in [2.24, 2.45) is 0 Å². The number of rotatable bonds is 3. The maximum Gasteiger partial charge on any atom is 0.159 e. The number of ether oxygens (including phenoxy) is 1. The van der Waals surface area contributed by atoms with Crippen LogP contribution in [0.1, 0.15) is 41.0 Å². The number of carbonyl (C=O) groups excluding carboxylic acids is 1. The van der Waals surface area contributed by atoms with E-state index in [0.29, 0.717) is 5.56 Å². The highest BCUT2D eigenvalue weighted by Crippen LogP contribution is 2.43. The fourth-order valence-corrected chi connectivity index (χ4v) is 3.30. The van der Waals surface area contributed by atoms with E-state index in [4.69, 9.17) is 4.74 Å². The molecule has 0 fully saturated rings. The molecule has 26 heavy (non-hydrogen) atoms. The number of fused-ring (bicyclic) bond motifs is 1. The molecule has 2 aromatic carbocycles. The summed E-state index contributed by atoms with van der Waals surface area (Å²) in [5, 5.41) is 0. The molecule has 4 rings (SSSR count). The van der Waals surface area contributed by atoms with Gasteiger partial charge in [0, 0.05) is 22.9 Å². The van der Waals surface area contributed by atoms with E-state index in [1.165, 1.54) is 0 Å². The van der Waals surface area contributed by atoms with E-state index in [0.717, 1.165) is 28.1 Å². The molecule has 0 N–H and O–H groups in total. The van der Waals surface area contributed by atoms with E-state index in [-0.39, 0.29) is 5.78 Å². The van der Waals surface area contributed by atoms with Crippen LogP contribution < -0.4 is 4.74 Å². The lowest BCUT2D eigenvalue weighted by Gasteiger charge is -2.34. The summed E-state index contributed by atoms with van der Waals surface area (Å²) in [6, 6.07) is 21.5.